The highest BCUT2D eigenvalue weighted by Gasteiger charge is 2.31. The fraction of sp³-hybridized carbons (Fsp3) is 0.750. The zero-order chi connectivity index (χ0) is 12.0. The largest absolute Gasteiger partial charge is 0.496 e. The van der Waals surface area contributed by atoms with Crippen LogP contribution in [0, 0.1) is 5.92 Å². The molecule has 0 N–H and O–H groups in total. The molecular weight excluding hydrogens is 228 g/mol. The van der Waals surface area contributed by atoms with E-state index in [4.69, 9.17) is 21.1 Å². The minimum Gasteiger partial charge on any atom is -0.496 e. The highest BCUT2D eigenvalue weighted by Crippen LogP contribution is 2.31. The van der Waals surface area contributed by atoms with Crippen LogP contribution in [0.4, 0.5) is 0 Å². The zero-order valence-corrected chi connectivity index (χ0v) is 10.6. The molecule has 0 unspecified atom stereocenters. The Kier molecular flexibility index (Phi) is 5.67. The molecule has 0 aromatic heterocycles. The predicted octanol–water partition coefficient (Wildman–Crippen LogP) is 3.23. The van der Waals surface area contributed by atoms with Crippen LogP contribution in [0.3, 0.4) is 0 Å². The van der Waals surface area contributed by atoms with E-state index in [0.717, 1.165) is 36.5 Å². The number of hydrogen-bond acceptors (Lipinski definition) is 3. The molecule has 0 aromatic rings. The molecule has 16 heavy (non-hydrogen) atoms. The second kappa shape index (κ2) is 6.79. The molecule has 1 aliphatic carbocycles. The maximum Gasteiger partial charge on any atom is 0.293 e. The van der Waals surface area contributed by atoms with E-state index >= 15 is 0 Å². The van der Waals surface area contributed by atoms with Gasteiger partial charge in [-0.2, -0.15) is 0 Å². The molecule has 0 radical (unpaired) electrons. The smallest absolute Gasteiger partial charge is 0.293 e. The summed E-state index contributed by atoms with van der Waals surface area (Å²) in [5.41, 5.74) is 0. The van der Waals surface area contributed by atoms with Crippen LogP contribution in [-0.4, -0.2) is 19.2 Å². The van der Waals surface area contributed by atoms with E-state index in [-0.39, 0.29) is 6.10 Å². The van der Waals surface area contributed by atoms with Gasteiger partial charge in [0.05, 0.1) is 11.6 Å². The molecule has 3 nitrogen and oxygen atoms in total. The molecule has 0 bridgehead atoms. The van der Waals surface area contributed by atoms with E-state index in [9.17, 15) is 4.79 Å². The molecule has 4 heteroatoms. The zero-order valence-electron chi connectivity index (χ0n) is 9.87. The van der Waals surface area contributed by atoms with Gasteiger partial charge in [-0.3, -0.25) is 4.79 Å². The van der Waals surface area contributed by atoms with Crippen LogP contribution >= 0.6 is 11.6 Å². The number of carbonyl (C=O) groups excluding carboxylic acids is 1. The van der Waals surface area contributed by atoms with Crippen LogP contribution in [0.25, 0.3) is 0 Å². The van der Waals surface area contributed by atoms with Crippen LogP contribution in [0.1, 0.15) is 39.5 Å². The number of carbonyl (C=O) groups is 1. The van der Waals surface area contributed by atoms with Crippen LogP contribution < -0.4 is 0 Å². The first-order chi connectivity index (χ1) is 7.71. The van der Waals surface area contributed by atoms with Gasteiger partial charge in [0.15, 0.2) is 0 Å². The maximum atomic E-state index is 10.1. The lowest BCUT2D eigenvalue weighted by molar-refractivity contribution is -0.140. The molecule has 1 rings (SSSR count). The first kappa shape index (κ1) is 13.4. The summed E-state index contributed by atoms with van der Waals surface area (Å²) >= 11 is 6.04. The van der Waals surface area contributed by atoms with Crippen molar-refractivity contribution in [1.29, 1.82) is 0 Å². The Labute approximate surface area is 102 Å². The molecule has 0 amide bonds. The third-order valence-corrected chi connectivity index (χ3v) is 3.35. The Balaban J connectivity index is 2.23. The van der Waals surface area contributed by atoms with E-state index < -0.39 is 0 Å². The Morgan fingerprint density at radius 2 is 2.06 bits per heavy atom. The molecular formula is C12H19ClO3. The average molecular weight is 247 g/mol. The minimum atomic E-state index is 0.0989. The van der Waals surface area contributed by atoms with Crippen LogP contribution in [-0.2, 0) is 14.3 Å². The molecule has 0 aliphatic heterocycles. The predicted molar refractivity (Wildman–Crippen MR) is 63.1 cm³/mol. The topological polar surface area (TPSA) is 35.5 Å². The third-order valence-electron chi connectivity index (χ3n) is 2.87. The van der Waals surface area contributed by atoms with Crippen molar-refractivity contribution in [3.05, 3.63) is 10.8 Å². The van der Waals surface area contributed by atoms with Crippen molar-refractivity contribution in [3.8, 4) is 0 Å². The molecule has 0 aromatic carbocycles. The molecule has 0 saturated heterocycles. The van der Waals surface area contributed by atoms with E-state index in [1.165, 1.54) is 0 Å². The fourth-order valence-electron chi connectivity index (χ4n) is 1.79. The van der Waals surface area contributed by atoms with Gasteiger partial charge in [0.25, 0.3) is 6.47 Å². The SMILES string of the molecule is CC/C(Cl)=C(\CC)OC[C@H]1C[C@@H](OC=O)C1. The van der Waals surface area contributed by atoms with Gasteiger partial charge >= 0.3 is 0 Å². The van der Waals surface area contributed by atoms with Crippen molar-refractivity contribution in [3.63, 3.8) is 0 Å². The van der Waals surface area contributed by atoms with E-state index in [1.54, 1.807) is 0 Å². The van der Waals surface area contributed by atoms with Crippen LogP contribution in [0.2, 0.25) is 0 Å². The van der Waals surface area contributed by atoms with Gasteiger partial charge in [0, 0.05) is 6.42 Å². The van der Waals surface area contributed by atoms with E-state index in [2.05, 4.69) is 0 Å². The first-order valence-electron chi connectivity index (χ1n) is 5.80. The summed E-state index contributed by atoms with van der Waals surface area (Å²) in [6, 6.07) is 0. The summed E-state index contributed by atoms with van der Waals surface area (Å²) < 4.78 is 10.5. The second-order valence-corrected chi connectivity index (χ2v) is 4.49. The highest BCUT2D eigenvalue weighted by molar-refractivity contribution is 6.29. The number of allylic oxidation sites excluding steroid dienone is 2. The lowest BCUT2D eigenvalue weighted by Gasteiger charge is -2.33. The summed E-state index contributed by atoms with van der Waals surface area (Å²) in [6.07, 6.45) is 3.54. The van der Waals surface area contributed by atoms with Crippen molar-refractivity contribution >= 4 is 18.1 Å². The third kappa shape index (κ3) is 3.71. The Bertz CT molecular complexity index is 257. The molecule has 92 valence electrons. The standard InChI is InChI=1S/C12H19ClO3/c1-3-11(13)12(4-2)15-7-9-5-10(6-9)16-8-14/h8-10H,3-7H2,1-2H3/b12-11-/t9-,10+. The average Bonchev–Trinajstić information content (AvgIpc) is 2.25. The minimum absolute atomic E-state index is 0.0989. The van der Waals surface area contributed by atoms with Crippen molar-refractivity contribution in [2.75, 3.05) is 6.61 Å². The Morgan fingerprint density at radius 1 is 1.38 bits per heavy atom. The van der Waals surface area contributed by atoms with Crippen LogP contribution in [0.15, 0.2) is 10.8 Å². The fourth-order valence-corrected chi connectivity index (χ4v) is 1.98. The number of hydrogen-bond donors (Lipinski definition) is 0. The van der Waals surface area contributed by atoms with E-state index in [1.807, 2.05) is 13.8 Å². The molecule has 1 aliphatic rings. The lowest BCUT2D eigenvalue weighted by atomic mass is 9.83. The van der Waals surface area contributed by atoms with Crippen molar-refractivity contribution in [2.24, 2.45) is 5.92 Å². The van der Waals surface area contributed by atoms with E-state index in [0.29, 0.717) is 19.0 Å². The van der Waals surface area contributed by atoms with Crippen molar-refractivity contribution in [1.82, 2.24) is 0 Å². The van der Waals surface area contributed by atoms with Gasteiger partial charge in [0.1, 0.15) is 11.9 Å². The molecule has 1 fully saturated rings. The Morgan fingerprint density at radius 3 is 2.56 bits per heavy atom. The highest BCUT2D eigenvalue weighted by atomic mass is 35.5. The monoisotopic (exact) mass is 246 g/mol. The summed E-state index contributed by atoms with van der Waals surface area (Å²) in [4.78, 5) is 10.1. The second-order valence-electron chi connectivity index (χ2n) is 4.04. The van der Waals surface area contributed by atoms with Gasteiger partial charge in [-0.25, -0.2) is 0 Å². The number of halogens is 1. The summed E-state index contributed by atoms with van der Waals surface area (Å²) in [6.45, 7) is 5.25. The van der Waals surface area contributed by atoms with Crippen LogP contribution in [0.5, 0.6) is 0 Å². The number of rotatable bonds is 7. The summed E-state index contributed by atoms with van der Waals surface area (Å²) in [5.74, 6) is 1.39. The molecule has 0 spiro atoms. The molecule has 1 saturated carbocycles. The first-order valence-corrected chi connectivity index (χ1v) is 6.18. The van der Waals surface area contributed by atoms with Gasteiger partial charge in [-0.15, -0.1) is 0 Å². The quantitative estimate of drug-likeness (QED) is 0.511. The lowest BCUT2D eigenvalue weighted by Crippen LogP contribution is -2.33. The van der Waals surface area contributed by atoms with Gasteiger partial charge in [0.2, 0.25) is 0 Å². The van der Waals surface area contributed by atoms with Crippen molar-refractivity contribution in [2.45, 2.75) is 45.6 Å². The van der Waals surface area contributed by atoms with Gasteiger partial charge < -0.3 is 9.47 Å². The summed E-state index contributed by atoms with van der Waals surface area (Å²) in [5, 5.41) is 0.808. The van der Waals surface area contributed by atoms with Gasteiger partial charge in [-0.1, -0.05) is 25.4 Å². The summed E-state index contributed by atoms with van der Waals surface area (Å²) in [7, 11) is 0. The van der Waals surface area contributed by atoms with Gasteiger partial charge in [-0.05, 0) is 25.2 Å². The molecule has 0 heterocycles. The normalized spacial score (nSPS) is 25.4. The maximum absolute atomic E-state index is 10.1. The number of ether oxygens (including phenoxy) is 2. The van der Waals surface area contributed by atoms with Crippen molar-refractivity contribution < 1.29 is 14.3 Å². The molecule has 0 atom stereocenters. The Hall–Kier alpha value is -0.700.